The quantitative estimate of drug-likeness (QED) is 0.788. The van der Waals surface area contributed by atoms with Crippen molar-refractivity contribution < 1.29 is 4.79 Å². The number of aromatic nitrogens is 3. The molecule has 5 nitrogen and oxygen atoms in total. The number of nitrogens with one attached hydrogen (secondary N) is 1. The third kappa shape index (κ3) is 2.29. The highest BCUT2D eigenvalue weighted by molar-refractivity contribution is 5.94. The molecule has 3 heterocycles. The average Bonchev–Trinajstić information content (AvgIpc) is 2.97. The monoisotopic (exact) mass is 306 g/mol. The SMILES string of the molecule is CC(C)n1ncc2c1NC(=O)C[C@H]2c1ccc2ncccc2c1. The standard InChI is InChI=1S/C18H18N4O/c1-11(2)22-18-15(10-20-22)14(9-17(23)21-18)12-5-6-16-13(8-12)4-3-7-19-16/h3-8,10-11,14H,9H2,1-2H3,(H,21,23)/t14-/m0/s1. The summed E-state index contributed by atoms with van der Waals surface area (Å²) < 4.78 is 1.88. The predicted octanol–water partition coefficient (Wildman–Crippen LogP) is 3.49. The van der Waals surface area contributed by atoms with Crippen LogP contribution < -0.4 is 5.32 Å². The van der Waals surface area contributed by atoms with Crippen LogP contribution in [-0.2, 0) is 4.79 Å². The van der Waals surface area contributed by atoms with Gasteiger partial charge in [0.25, 0.3) is 0 Å². The third-order valence-corrected chi connectivity index (χ3v) is 4.37. The fourth-order valence-corrected chi connectivity index (χ4v) is 3.24. The highest BCUT2D eigenvalue weighted by Crippen LogP contribution is 2.38. The average molecular weight is 306 g/mol. The van der Waals surface area contributed by atoms with E-state index in [-0.39, 0.29) is 17.9 Å². The molecule has 1 aromatic carbocycles. The Hall–Kier alpha value is -2.69. The van der Waals surface area contributed by atoms with Crippen LogP contribution in [0.3, 0.4) is 0 Å². The van der Waals surface area contributed by atoms with E-state index in [1.54, 1.807) is 6.20 Å². The summed E-state index contributed by atoms with van der Waals surface area (Å²) in [5, 5.41) is 8.53. The van der Waals surface area contributed by atoms with Crippen molar-refractivity contribution in [2.45, 2.75) is 32.2 Å². The summed E-state index contributed by atoms with van der Waals surface area (Å²) in [5.74, 6) is 0.902. The lowest BCUT2D eigenvalue weighted by molar-refractivity contribution is -0.116. The van der Waals surface area contributed by atoms with Gasteiger partial charge in [-0.2, -0.15) is 5.10 Å². The van der Waals surface area contributed by atoms with Gasteiger partial charge in [-0.05, 0) is 37.6 Å². The largest absolute Gasteiger partial charge is 0.311 e. The van der Waals surface area contributed by atoms with E-state index in [9.17, 15) is 4.79 Å². The van der Waals surface area contributed by atoms with Gasteiger partial charge < -0.3 is 5.32 Å². The minimum Gasteiger partial charge on any atom is -0.311 e. The first-order valence-corrected chi connectivity index (χ1v) is 7.85. The molecule has 1 aliphatic rings. The minimum atomic E-state index is 0.0378. The lowest BCUT2D eigenvalue weighted by Crippen LogP contribution is -2.25. The number of carbonyl (C=O) groups excluding carboxylic acids is 1. The second-order valence-corrected chi connectivity index (χ2v) is 6.25. The van der Waals surface area contributed by atoms with Crippen LogP contribution in [-0.4, -0.2) is 20.7 Å². The molecule has 116 valence electrons. The normalized spacial score (nSPS) is 17.3. The maximum atomic E-state index is 12.2. The lowest BCUT2D eigenvalue weighted by Gasteiger charge is -2.24. The van der Waals surface area contributed by atoms with E-state index in [0.717, 1.165) is 27.8 Å². The van der Waals surface area contributed by atoms with Gasteiger partial charge in [0.2, 0.25) is 5.91 Å². The summed E-state index contributed by atoms with van der Waals surface area (Å²) in [6.45, 7) is 4.12. The molecule has 2 aromatic heterocycles. The number of nitrogens with zero attached hydrogens (tertiary/aromatic N) is 3. The summed E-state index contributed by atoms with van der Waals surface area (Å²) >= 11 is 0. The smallest absolute Gasteiger partial charge is 0.226 e. The minimum absolute atomic E-state index is 0.0378. The molecular weight excluding hydrogens is 288 g/mol. The topological polar surface area (TPSA) is 59.8 Å². The fraction of sp³-hybridized carbons (Fsp3) is 0.278. The Morgan fingerprint density at radius 3 is 3.00 bits per heavy atom. The Kier molecular flexibility index (Phi) is 3.15. The Morgan fingerprint density at radius 1 is 1.30 bits per heavy atom. The van der Waals surface area contributed by atoms with E-state index in [1.807, 2.05) is 29.1 Å². The second kappa shape index (κ2) is 5.19. The second-order valence-electron chi connectivity index (χ2n) is 6.25. The maximum absolute atomic E-state index is 12.2. The Morgan fingerprint density at radius 2 is 2.17 bits per heavy atom. The fourth-order valence-electron chi connectivity index (χ4n) is 3.24. The first-order valence-electron chi connectivity index (χ1n) is 7.85. The molecule has 1 amide bonds. The molecule has 0 spiro atoms. The van der Waals surface area contributed by atoms with Crippen LogP contribution in [0.1, 0.15) is 43.4 Å². The van der Waals surface area contributed by atoms with Crippen molar-refractivity contribution in [2.24, 2.45) is 0 Å². The molecule has 0 aliphatic carbocycles. The van der Waals surface area contributed by atoms with Crippen molar-refractivity contribution >= 4 is 22.6 Å². The van der Waals surface area contributed by atoms with E-state index in [1.165, 1.54) is 0 Å². The van der Waals surface area contributed by atoms with Crippen molar-refractivity contribution in [2.75, 3.05) is 5.32 Å². The zero-order chi connectivity index (χ0) is 16.0. The number of fused-ring (bicyclic) bond motifs is 2. The highest BCUT2D eigenvalue weighted by Gasteiger charge is 2.30. The summed E-state index contributed by atoms with van der Waals surface area (Å²) in [5.41, 5.74) is 3.18. The van der Waals surface area contributed by atoms with E-state index in [0.29, 0.717) is 6.42 Å². The molecule has 0 fully saturated rings. The van der Waals surface area contributed by atoms with Gasteiger partial charge >= 0.3 is 0 Å². The number of amides is 1. The van der Waals surface area contributed by atoms with Crippen LogP contribution in [0.15, 0.2) is 42.7 Å². The third-order valence-electron chi connectivity index (χ3n) is 4.37. The van der Waals surface area contributed by atoms with E-state index >= 15 is 0 Å². The van der Waals surface area contributed by atoms with Crippen LogP contribution in [0.25, 0.3) is 10.9 Å². The van der Waals surface area contributed by atoms with Crippen molar-refractivity contribution in [1.82, 2.24) is 14.8 Å². The number of carbonyl (C=O) groups is 1. The van der Waals surface area contributed by atoms with Crippen molar-refractivity contribution in [3.05, 3.63) is 53.9 Å². The molecule has 5 heteroatoms. The zero-order valence-corrected chi connectivity index (χ0v) is 13.2. The van der Waals surface area contributed by atoms with Crippen LogP contribution in [0.5, 0.6) is 0 Å². The summed E-state index contributed by atoms with van der Waals surface area (Å²) in [4.78, 5) is 16.5. The number of anilines is 1. The first kappa shape index (κ1) is 13.9. The lowest BCUT2D eigenvalue weighted by atomic mass is 9.87. The molecule has 23 heavy (non-hydrogen) atoms. The van der Waals surface area contributed by atoms with E-state index in [4.69, 9.17) is 0 Å². The van der Waals surface area contributed by atoms with Gasteiger partial charge in [-0.1, -0.05) is 12.1 Å². The van der Waals surface area contributed by atoms with Gasteiger partial charge in [-0.15, -0.1) is 0 Å². The summed E-state index contributed by atoms with van der Waals surface area (Å²) in [6.07, 6.45) is 4.12. The van der Waals surface area contributed by atoms with Gasteiger partial charge in [0.15, 0.2) is 0 Å². The number of benzene rings is 1. The molecule has 0 saturated carbocycles. The number of rotatable bonds is 2. The van der Waals surface area contributed by atoms with Crippen LogP contribution in [0.4, 0.5) is 5.82 Å². The highest BCUT2D eigenvalue weighted by atomic mass is 16.1. The van der Waals surface area contributed by atoms with E-state index in [2.05, 4.69) is 41.4 Å². The summed E-state index contributed by atoms with van der Waals surface area (Å²) in [7, 11) is 0. The molecule has 0 saturated heterocycles. The van der Waals surface area contributed by atoms with Gasteiger partial charge in [-0.3, -0.25) is 9.78 Å². The van der Waals surface area contributed by atoms with Crippen molar-refractivity contribution in [1.29, 1.82) is 0 Å². The molecule has 0 bridgehead atoms. The maximum Gasteiger partial charge on any atom is 0.226 e. The van der Waals surface area contributed by atoms with Gasteiger partial charge in [0.05, 0.1) is 11.7 Å². The van der Waals surface area contributed by atoms with Gasteiger partial charge in [-0.25, -0.2) is 4.68 Å². The molecule has 3 aromatic rings. The molecule has 1 N–H and O–H groups in total. The Bertz CT molecular complexity index is 897. The Labute approximate surface area is 134 Å². The molecule has 1 aliphatic heterocycles. The molecule has 0 unspecified atom stereocenters. The van der Waals surface area contributed by atoms with E-state index < -0.39 is 0 Å². The van der Waals surface area contributed by atoms with Crippen molar-refractivity contribution in [3.63, 3.8) is 0 Å². The predicted molar refractivity (Wildman–Crippen MR) is 89.4 cm³/mol. The number of hydrogen-bond donors (Lipinski definition) is 1. The number of hydrogen-bond acceptors (Lipinski definition) is 3. The first-order chi connectivity index (χ1) is 11.1. The molecule has 1 atom stereocenters. The van der Waals surface area contributed by atoms with Gasteiger partial charge in [0.1, 0.15) is 5.82 Å². The summed E-state index contributed by atoms with van der Waals surface area (Å²) in [6, 6.07) is 10.4. The van der Waals surface area contributed by atoms with Crippen LogP contribution in [0.2, 0.25) is 0 Å². The van der Waals surface area contributed by atoms with Crippen LogP contribution >= 0.6 is 0 Å². The molecule has 4 rings (SSSR count). The number of pyridine rings is 1. The van der Waals surface area contributed by atoms with Gasteiger partial charge in [0, 0.05) is 35.5 Å². The van der Waals surface area contributed by atoms with Crippen LogP contribution in [0, 0.1) is 0 Å². The molecular formula is C18H18N4O. The van der Waals surface area contributed by atoms with Crippen molar-refractivity contribution in [3.8, 4) is 0 Å². The Balaban J connectivity index is 1.84. The molecule has 0 radical (unpaired) electrons. The zero-order valence-electron chi connectivity index (χ0n) is 13.2.